The van der Waals surface area contributed by atoms with Crippen molar-refractivity contribution in [2.75, 3.05) is 7.05 Å². The first-order valence-corrected chi connectivity index (χ1v) is 10.4. The molecule has 5 nitrogen and oxygen atoms in total. The molecule has 1 saturated carbocycles. The Morgan fingerprint density at radius 2 is 1.85 bits per heavy atom. The first kappa shape index (κ1) is 19.2. The highest BCUT2D eigenvalue weighted by atomic mass is 79.9. The highest BCUT2D eigenvalue weighted by Crippen LogP contribution is 2.47. The maximum Gasteiger partial charge on any atom is 0.436 e. The van der Waals surface area contributed by atoms with E-state index >= 15 is 0 Å². The van der Waals surface area contributed by atoms with E-state index in [-0.39, 0.29) is 35.3 Å². The summed E-state index contributed by atoms with van der Waals surface area (Å²) >= 11 is 3.08. The molecule has 2 atom stereocenters. The number of carbonyl (C=O) groups excluding carboxylic acids is 1. The van der Waals surface area contributed by atoms with E-state index in [1.807, 2.05) is 0 Å². The minimum absolute atomic E-state index is 0.0322. The summed E-state index contributed by atoms with van der Waals surface area (Å²) in [7, 11) is 2.15. The Labute approximate surface area is 164 Å². The molecule has 1 amide bonds. The van der Waals surface area contributed by atoms with Crippen molar-refractivity contribution in [2.24, 2.45) is 0 Å². The van der Waals surface area contributed by atoms with Gasteiger partial charge in [0.1, 0.15) is 0 Å². The zero-order valence-electron chi connectivity index (χ0n) is 15.2. The number of carbonyl (C=O) groups is 1. The van der Waals surface area contributed by atoms with E-state index in [9.17, 15) is 18.0 Å². The summed E-state index contributed by atoms with van der Waals surface area (Å²) in [6, 6.07) is 1.24. The van der Waals surface area contributed by atoms with Crippen molar-refractivity contribution in [3.8, 4) is 0 Å². The van der Waals surface area contributed by atoms with Crippen LogP contribution in [0.5, 0.6) is 0 Å². The number of rotatable bonds is 5. The van der Waals surface area contributed by atoms with Crippen LogP contribution in [-0.4, -0.2) is 45.8 Å². The van der Waals surface area contributed by atoms with Crippen LogP contribution in [0.25, 0.3) is 0 Å². The minimum atomic E-state index is -4.50. The number of nitrogens with one attached hydrogen (secondary N) is 1. The summed E-state index contributed by atoms with van der Waals surface area (Å²) in [4.78, 5) is 14.8. The lowest BCUT2D eigenvalue weighted by Gasteiger charge is -2.36. The first-order valence-electron chi connectivity index (χ1n) is 9.58. The Morgan fingerprint density at radius 1 is 1.22 bits per heavy atom. The zero-order valence-corrected chi connectivity index (χ0v) is 16.8. The van der Waals surface area contributed by atoms with Crippen LogP contribution in [0.2, 0.25) is 0 Å². The van der Waals surface area contributed by atoms with Gasteiger partial charge in [-0.25, -0.2) is 0 Å². The van der Waals surface area contributed by atoms with Crippen LogP contribution in [0.1, 0.15) is 62.3 Å². The normalized spacial score (nSPS) is 28.6. The number of aryl methyl sites for hydroxylation is 1. The maximum absolute atomic E-state index is 13.2. The fourth-order valence-electron chi connectivity index (χ4n) is 4.59. The molecule has 1 aliphatic carbocycles. The number of nitrogens with zero attached hydrogens (tertiary/aromatic N) is 3. The van der Waals surface area contributed by atoms with Gasteiger partial charge in [0, 0.05) is 30.5 Å². The summed E-state index contributed by atoms with van der Waals surface area (Å²) in [5.41, 5.74) is -0.316. The van der Waals surface area contributed by atoms with E-state index in [1.54, 1.807) is 0 Å². The average molecular weight is 449 g/mol. The molecule has 2 aliphatic heterocycles. The van der Waals surface area contributed by atoms with E-state index in [1.165, 1.54) is 17.5 Å². The number of hydrogen-bond acceptors (Lipinski definition) is 3. The van der Waals surface area contributed by atoms with Crippen molar-refractivity contribution in [3.63, 3.8) is 0 Å². The summed E-state index contributed by atoms with van der Waals surface area (Å²) in [5.74, 6) is 0.00132. The van der Waals surface area contributed by atoms with Crippen LogP contribution in [0.4, 0.5) is 13.2 Å². The van der Waals surface area contributed by atoms with Crippen LogP contribution in [-0.2, 0) is 17.5 Å². The Balaban J connectivity index is 1.38. The molecule has 0 spiro atoms. The van der Waals surface area contributed by atoms with E-state index in [2.05, 4.69) is 38.3 Å². The molecular weight excluding hydrogens is 425 g/mol. The van der Waals surface area contributed by atoms with E-state index in [0.717, 1.165) is 25.7 Å². The highest BCUT2D eigenvalue weighted by Gasteiger charge is 2.42. The molecule has 4 rings (SSSR count). The quantitative estimate of drug-likeness (QED) is 0.747. The standard InChI is InChI=1S/C18H24BrF3N4O/c1-25-12-4-5-13(25)9-11(8-12)23-14(27)6-7-26-16(10-2-3-10)15(19)17(24-26)18(20,21)22/h10-13H,2-9H2,1H3,(H,23,27). The molecule has 27 heavy (non-hydrogen) atoms. The highest BCUT2D eigenvalue weighted by molar-refractivity contribution is 9.10. The average Bonchev–Trinajstić information content (AvgIpc) is 3.32. The molecule has 2 unspecified atom stereocenters. The number of halogens is 4. The second kappa shape index (κ2) is 7.06. The molecule has 2 bridgehead atoms. The van der Waals surface area contributed by atoms with Gasteiger partial charge in [-0.3, -0.25) is 9.48 Å². The molecule has 3 heterocycles. The summed E-state index contributed by atoms with van der Waals surface area (Å²) in [6.45, 7) is 0.172. The van der Waals surface area contributed by atoms with E-state index < -0.39 is 11.9 Å². The molecule has 150 valence electrons. The minimum Gasteiger partial charge on any atom is -0.353 e. The molecular formula is C18H24BrF3N4O. The largest absolute Gasteiger partial charge is 0.436 e. The van der Waals surface area contributed by atoms with Gasteiger partial charge in [-0.2, -0.15) is 18.3 Å². The molecule has 9 heteroatoms. The molecule has 3 aliphatic rings. The Morgan fingerprint density at radius 3 is 2.41 bits per heavy atom. The number of fused-ring (bicyclic) bond motifs is 2. The van der Waals surface area contributed by atoms with Gasteiger partial charge < -0.3 is 10.2 Å². The van der Waals surface area contributed by atoms with Gasteiger partial charge in [-0.1, -0.05) is 0 Å². The van der Waals surface area contributed by atoms with Crippen LogP contribution < -0.4 is 5.32 Å². The van der Waals surface area contributed by atoms with Crippen LogP contribution in [0.3, 0.4) is 0 Å². The van der Waals surface area contributed by atoms with Gasteiger partial charge in [0.25, 0.3) is 0 Å². The fraction of sp³-hybridized carbons (Fsp3) is 0.778. The van der Waals surface area contributed by atoms with Crippen molar-refractivity contribution in [3.05, 3.63) is 15.9 Å². The smallest absolute Gasteiger partial charge is 0.353 e. The Kier molecular flexibility index (Phi) is 5.03. The topological polar surface area (TPSA) is 50.2 Å². The van der Waals surface area contributed by atoms with Crippen molar-refractivity contribution in [2.45, 2.75) is 81.7 Å². The lowest BCUT2D eigenvalue weighted by Crippen LogP contribution is -2.48. The predicted molar refractivity (Wildman–Crippen MR) is 97.3 cm³/mol. The molecule has 1 aromatic rings. The zero-order chi connectivity index (χ0) is 19.3. The Bertz CT molecular complexity index is 717. The number of alkyl halides is 3. The van der Waals surface area contributed by atoms with E-state index in [4.69, 9.17) is 0 Å². The fourth-order valence-corrected chi connectivity index (χ4v) is 5.42. The summed E-state index contributed by atoms with van der Waals surface area (Å²) in [5, 5.41) is 6.85. The molecule has 1 aromatic heterocycles. The number of amides is 1. The van der Waals surface area contributed by atoms with Gasteiger partial charge >= 0.3 is 6.18 Å². The second-order valence-electron chi connectivity index (χ2n) is 8.08. The van der Waals surface area contributed by atoms with Crippen LogP contribution >= 0.6 is 15.9 Å². The van der Waals surface area contributed by atoms with Gasteiger partial charge in [0.05, 0.1) is 16.7 Å². The third kappa shape index (κ3) is 3.90. The van der Waals surface area contributed by atoms with Crippen molar-refractivity contribution in [1.29, 1.82) is 0 Å². The van der Waals surface area contributed by atoms with Gasteiger partial charge in [-0.15, -0.1) is 0 Å². The van der Waals surface area contributed by atoms with Crippen molar-refractivity contribution in [1.82, 2.24) is 20.0 Å². The Hall–Kier alpha value is -1.09. The molecule has 2 saturated heterocycles. The van der Waals surface area contributed by atoms with E-state index in [0.29, 0.717) is 17.8 Å². The lowest BCUT2D eigenvalue weighted by atomic mass is 9.98. The third-order valence-corrected chi connectivity index (χ3v) is 6.96. The molecule has 1 N–H and O–H groups in total. The lowest BCUT2D eigenvalue weighted by molar-refractivity contribution is -0.142. The van der Waals surface area contributed by atoms with Gasteiger partial charge in [-0.05, 0) is 61.5 Å². The molecule has 0 radical (unpaired) electrons. The van der Waals surface area contributed by atoms with Crippen LogP contribution in [0.15, 0.2) is 4.47 Å². The van der Waals surface area contributed by atoms with Gasteiger partial charge in [0.15, 0.2) is 5.69 Å². The first-order chi connectivity index (χ1) is 12.7. The van der Waals surface area contributed by atoms with Crippen LogP contribution in [0, 0.1) is 0 Å². The maximum atomic E-state index is 13.2. The third-order valence-electron chi connectivity index (χ3n) is 6.18. The number of aromatic nitrogens is 2. The SMILES string of the molecule is CN1C2CCC1CC(NC(=O)CCn1nc(C(F)(F)F)c(Br)c1C1CC1)C2. The monoisotopic (exact) mass is 448 g/mol. The van der Waals surface area contributed by atoms with Gasteiger partial charge in [0.2, 0.25) is 5.91 Å². The number of hydrogen-bond donors (Lipinski definition) is 1. The molecule has 0 aromatic carbocycles. The predicted octanol–water partition coefficient (Wildman–Crippen LogP) is 3.67. The van der Waals surface area contributed by atoms with Crippen molar-refractivity contribution < 1.29 is 18.0 Å². The van der Waals surface area contributed by atoms with Crippen molar-refractivity contribution >= 4 is 21.8 Å². The molecule has 3 fully saturated rings. The second-order valence-corrected chi connectivity index (χ2v) is 8.87. The number of piperidine rings is 1. The summed E-state index contributed by atoms with van der Waals surface area (Å²) < 4.78 is 40.9. The summed E-state index contributed by atoms with van der Waals surface area (Å²) in [6.07, 6.45) is 1.66.